The van der Waals surface area contributed by atoms with Crippen LogP contribution in [0.15, 0.2) is 5.38 Å². The Bertz CT molecular complexity index is 284. The van der Waals surface area contributed by atoms with E-state index in [1.54, 1.807) is 11.3 Å². The summed E-state index contributed by atoms with van der Waals surface area (Å²) in [6, 6.07) is 0. The number of nitrogens with zero attached hydrogens (tertiary/aromatic N) is 1. The number of thiazole rings is 1. The third kappa shape index (κ3) is 3.76. The van der Waals surface area contributed by atoms with Gasteiger partial charge in [0.05, 0.1) is 5.69 Å². The van der Waals surface area contributed by atoms with Gasteiger partial charge in [0.25, 0.3) is 0 Å². The molecule has 80 valence electrons. The summed E-state index contributed by atoms with van der Waals surface area (Å²) in [4.78, 5) is 4.57. The van der Waals surface area contributed by atoms with Crippen molar-refractivity contribution in [2.75, 3.05) is 0 Å². The summed E-state index contributed by atoms with van der Waals surface area (Å²) in [5.74, 6) is 0.537. The third-order valence-corrected chi connectivity index (χ3v) is 2.80. The van der Waals surface area contributed by atoms with Crippen LogP contribution in [-0.4, -0.2) is 10.5 Å². The van der Waals surface area contributed by atoms with E-state index >= 15 is 0 Å². The lowest BCUT2D eigenvalue weighted by Gasteiger charge is -2.19. The van der Waals surface area contributed by atoms with Crippen LogP contribution < -0.4 is 5.32 Å². The lowest BCUT2D eigenvalue weighted by atomic mass is 10.1. The van der Waals surface area contributed by atoms with Crippen LogP contribution in [-0.2, 0) is 6.54 Å². The van der Waals surface area contributed by atoms with E-state index in [4.69, 9.17) is 0 Å². The van der Waals surface area contributed by atoms with Gasteiger partial charge in [0.2, 0.25) is 0 Å². The molecule has 0 saturated carbocycles. The first-order chi connectivity index (χ1) is 6.38. The molecule has 0 bridgehead atoms. The molecule has 0 fully saturated rings. The molecule has 0 aromatic carbocycles. The first-order valence-electron chi connectivity index (χ1n) is 5.08. The van der Waals surface area contributed by atoms with Gasteiger partial charge in [0, 0.05) is 17.5 Å². The SMILES string of the molecule is CC(C)c1csc(CNC(C)(C)C)n1. The van der Waals surface area contributed by atoms with Gasteiger partial charge in [0.15, 0.2) is 0 Å². The molecule has 1 aromatic rings. The summed E-state index contributed by atoms with van der Waals surface area (Å²) in [5, 5.41) is 6.78. The van der Waals surface area contributed by atoms with Gasteiger partial charge < -0.3 is 5.32 Å². The Hall–Kier alpha value is -0.410. The molecule has 0 radical (unpaired) electrons. The Balaban J connectivity index is 2.52. The molecule has 1 aromatic heterocycles. The molecule has 0 aliphatic carbocycles. The summed E-state index contributed by atoms with van der Waals surface area (Å²) >= 11 is 1.74. The van der Waals surface area contributed by atoms with Crippen LogP contribution >= 0.6 is 11.3 Å². The van der Waals surface area contributed by atoms with Crippen molar-refractivity contribution in [3.8, 4) is 0 Å². The van der Waals surface area contributed by atoms with Gasteiger partial charge in [-0.1, -0.05) is 13.8 Å². The van der Waals surface area contributed by atoms with Gasteiger partial charge in [-0.3, -0.25) is 0 Å². The molecule has 0 spiro atoms. The molecule has 0 unspecified atom stereocenters. The predicted octanol–water partition coefficient (Wildman–Crippen LogP) is 3.15. The van der Waals surface area contributed by atoms with Crippen molar-refractivity contribution in [2.45, 2.75) is 52.6 Å². The molecule has 0 aliphatic heterocycles. The number of nitrogens with one attached hydrogen (secondary N) is 1. The van der Waals surface area contributed by atoms with Gasteiger partial charge in [-0.15, -0.1) is 11.3 Å². The topological polar surface area (TPSA) is 24.9 Å². The van der Waals surface area contributed by atoms with Crippen molar-refractivity contribution >= 4 is 11.3 Å². The molecule has 2 nitrogen and oxygen atoms in total. The highest BCUT2D eigenvalue weighted by Gasteiger charge is 2.10. The molecule has 3 heteroatoms. The van der Waals surface area contributed by atoms with E-state index in [0.29, 0.717) is 5.92 Å². The maximum Gasteiger partial charge on any atom is 0.107 e. The van der Waals surface area contributed by atoms with Crippen molar-refractivity contribution in [3.05, 3.63) is 16.1 Å². The molecule has 0 atom stereocenters. The average molecular weight is 212 g/mol. The van der Waals surface area contributed by atoms with Gasteiger partial charge in [-0.2, -0.15) is 0 Å². The van der Waals surface area contributed by atoms with Crippen molar-refractivity contribution in [2.24, 2.45) is 0 Å². The van der Waals surface area contributed by atoms with Gasteiger partial charge in [-0.25, -0.2) is 4.98 Å². The molecule has 0 aliphatic rings. The number of hydrogen-bond acceptors (Lipinski definition) is 3. The second kappa shape index (κ2) is 4.41. The Kier molecular flexibility index (Phi) is 3.67. The predicted molar refractivity (Wildman–Crippen MR) is 62.8 cm³/mol. The summed E-state index contributed by atoms with van der Waals surface area (Å²) in [5.41, 5.74) is 1.38. The molecule has 14 heavy (non-hydrogen) atoms. The van der Waals surface area contributed by atoms with Crippen LogP contribution in [0.3, 0.4) is 0 Å². The van der Waals surface area contributed by atoms with E-state index in [-0.39, 0.29) is 5.54 Å². The van der Waals surface area contributed by atoms with Crippen molar-refractivity contribution < 1.29 is 0 Å². The third-order valence-electron chi connectivity index (χ3n) is 1.93. The van der Waals surface area contributed by atoms with E-state index in [0.717, 1.165) is 6.54 Å². The maximum atomic E-state index is 4.57. The molecule has 1 heterocycles. The van der Waals surface area contributed by atoms with Gasteiger partial charge in [-0.05, 0) is 26.7 Å². The minimum atomic E-state index is 0.170. The Labute approximate surface area is 90.8 Å². The fraction of sp³-hybridized carbons (Fsp3) is 0.727. The second-order valence-corrected chi connectivity index (χ2v) is 5.87. The summed E-state index contributed by atoms with van der Waals surface area (Å²) in [7, 11) is 0. The normalized spacial score (nSPS) is 12.4. The summed E-state index contributed by atoms with van der Waals surface area (Å²) in [6.45, 7) is 11.7. The number of rotatable bonds is 3. The quantitative estimate of drug-likeness (QED) is 0.832. The van der Waals surface area contributed by atoms with Crippen LogP contribution in [0.2, 0.25) is 0 Å². The van der Waals surface area contributed by atoms with Crippen LogP contribution in [0.5, 0.6) is 0 Å². The zero-order chi connectivity index (χ0) is 10.8. The van der Waals surface area contributed by atoms with E-state index in [9.17, 15) is 0 Å². The van der Waals surface area contributed by atoms with Gasteiger partial charge >= 0.3 is 0 Å². The lowest BCUT2D eigenvalue weighted by Crippen LogP contribution is -2.35. The monoisotopic (exact) mass is 212 g/mol. The molecule has 0 saturated heterocycles. The summed E-state index contributed by atoms with van der Waals surface area (Å²) in [6.07, 6.45) is 0. The highest BCUT2D eigenvalue weighted by molar-refractivity contribution is 7.09. The fourth-order valence-electron chi connectivity index (χ4n) is 1.01. The van der Waals surface area contributed by atoms with Crippen LogP contribution in [0.25, 0.3) is 0 Å². The smallest absolute Gasteiger partial charge is 0.107 e. The summed E-state index contributed by atoms with van der Waals surface area (Å²) < 4.78 is 0. The fourth-order valence-corrected chi connectivity index (χ4v) is 1.91. The minimum Gasteiger partial charge on any atom is -0.306 e. The zero-order valence-electron chi connectivity index (χ0n) is 9.72. The van der Waals surface area contributed by atoms with E-state index in [1.165, 1.54) is 10.7 Å². The number of hydrogen-bond donors (Lipinski definition) is 1. The van der Waals surface area contributed by atoms with Crippen molar-refractivity contribution in [1.82, 2.24) is 10.3 Å². The van der Waals surface area contributed by atoms with Crippen molar-refractivity contribution in [3.63, 3.8) is 0 Å². The van der Waals surface area contributed by atoms with E-state index in [1.807, 2.05) is 0 Å². The standard InChI is InChI=1S/C11H20N2S/c1-8(2)9-7-14-10(13-9)6-12-11(3,4)5/h7-8,12H,6H2,1-5H3. The van der Waals surface area contributed by atoms with Crippen molar-refractivity contribution in [1.29, 1.82) is 0 Å². The second-order valence-electron chi connectivity index (χ2n) is 4.92. The molecule has 1 N–H and O–H groups in total. The van der Waals surface area contributed by atoms with E-state index < -0.39 is 0 Å². The minimum absolute atomic E-state index is 0.170. The van der Waals surface area contributed by atoms with E-state index in [2.05, 4.69) is 50.3 Å². The molecule has 0 amide bonds. The molecular formula is C11H20N2S. The van der Waals surface area contributed by atoms with Crippen LogP contribution in [0.1, 0.15) is 51.2 Å². The highest BCUT2D eigenvalue weighted by atomic mass is 32.1. The van der Waals surface area contributed by atoms with Crippen LogP contribution in [0.4, 0.5) is 0 Å². The molecular weight excluding hydrogens is 192 g/mol. The lowest BCUT2D eigenvalue weighted by molar-refractivity contribution is 0.423. The first kappa shape index (κ1) is 11.7. The molecule has 1 rings (SSSR count). The Morgan fingerprint density at radius 1 is 1.43 bits per heavy atom. The van der Waals surface area contributed by atoms with Crippen LogP contribution in [0, 0.1) is 0 Å². The highest BCUT2D eigenvalue weighted by Crippen LogP contribution is 2.18. The zero-order valence-corrected chi connectivity index (χ0v) is 10.5. The average Bonchev–Trinajstić information content (AvgIpc) is 2.47. The Morgan fingerprint density at radius 3 is 2.50 bits per heavy atom. The maximum absolute atomic E-state index is 4.57. The number of aromatic nitrogens is 1. The van der Waals surface area contributed by atoms with Gasteiger partial charge in [0.1, 0.15) is 5.01 Å². The first-order valence-corrected chi connectivity index (χ1v) is 5.96. The Morgan fingerprint density at radius 2 is 2.07 bits per heavy atom. The largest absolute Gasteiger partial charge is 0.306 e.